The van der Waals surface area contributed by atoms with E-state index in [0.29, 0.717) is 11.7 Å². The molecule has 0 spiro atoms. The number of fused-ring (bicyclic) bond motifs is 2. The van der Waals surface area contributed by atoms with E-state index in [-0.39, 0.29) is 16.2 Å². The standard InChI is InChI=1S/C23H30O/c1-21(2,3)17-12-10-16(11-13-17)8-7-9-18-19-14-15-23(6,20(18)24)22(19,4)5/h7-13,19H,14-15H2,1-6H3. The first-order chi connectivity index (χ1) is 11.1. The first-order valence-corrected chi connectivity index (χ1v) is 9.11. The van der Waals surface area contributed by atoms with Crippen LogP contribution in [0.15, 0.2) is 42.0 Å². The van der Waals surface area contributed by atoms with Gasteiger partial charge in [0.2, 0.25) is 0 Å². The molecule has 1 heteroatoms. The van der Waals surface area contributed by atoms with Crippen LogP contribution < -0.4 is 0 Å². The summed E-state index contributed by atoms with van der Waals surface area (Å²) in [5.41, 5.74) is 3.68. The Morgan fingerprint density at radius 2 is 1.71 bits per heavy atom. The Bertz CT molecular complexity index is 709. The van der Waals surface area contributed by atoms with Crippen LogP contribution in [-0.4, -0.2) is 5.78 Å². The summed E-state index contributed by atoms with van der Waals surface area (Å²) >= 11 is 0. The van der Waals surface area contributed by atoms with Crippen molar-refractivity contribution in [3.05, 3.63) is 53.1 Å². The zero-order valence-electron chi connectivity index (χ0n) is 15.9. The van der Waals surface area contributed by atoms with Gasteiger partial charge >= 0.3 is 0 Å². The summed E-state index contributed by atoms with van der Waals surface area (Å²) in [6.45, 7) is 13.4. The first kappa shape index (κ1) is 17.2. The minimum absolute atomic E-state index is 0.0954. The maximum atomic E-state index is 12.8. The minimum atomic E-state index is -0.161. The lowest BCUT2D eigenvalue weighted by atomic mass is 9.70. The highest BCUT2D eigenvalue weighted by molar-refractivity contribution is 6.05. The second-order valence-electron chi connectivity index (χ2n) is 9.33. The van der Waals surface area contributed by atoms with Gasteiger partial charge in [-0.25, -0.2) is 0 Å². The molecule has 2 fully saturated rings. The summed E-state index contributed by atoms with van der Waals surface area (Å²) in [6.07, 6.45) is 8.42. The van der Waals surface area contributed by atoms with E-state index < -0.39 is 0 Å². The largest absolute Gasteiger partial charge is 0.294 e. The number of allylic oxidation sites excluding steroid dienone is 3. The van der Waals surface area contributed by atoms with Crippen LogP contribution in [0.5, 0.6) is 0 Å². The Hall–Kier alpha value is -1.63. The Kier molecular flexibility index (Phi) is 3.90. The van der Waals surface area contributed by atoms with Gasteiger partial charge < -0.3 is 0 Å². The molecule has 0 aromatic heterocycles. The zero-order chi connectivity index (χ0) is 17.8. The molecule has 0 aliphatic heterocycles. The van der Waals surface area contributed by atoms with Gasteiger partial charge in [-0.1, -0.05) is 84.0 Å². The third-order valence-corrected chi connectivity index (χ3v) is 6.71. The van der Waals surface area contributed by atoms with E-state index in [1.54, 1.807) is 0 Å². The quantitative estimate of drug-likeness (QED) is 0.615. The monoisotopic (exact) mass is 322 g/mol. The van der Waals surface area contributed by atoms with E-state index in [4.69, 9.17) is 0 Å². The van der Waals surface area contributed by atoms with Crippen molar-refractivity contribution in [1.82, 2.24) is 0 Å². The van der Waals surface area contributed by atoms with Crippen LogP contribution in [0.3, 0.4) is 0 Å². The molecule has 1 aromatic carbocycles. The van der Waals surface area contributed by atoms with Crippen molar-refractivity contribution in [2.45, 2.75) is 59.8 Å². The summed E-state index contributed by atoms with van der Waals surface area (Å²) in [5, 5.41) is 0. The van der Waals surface area contributed by atoms with Crippen molar-refractivity contribution in [3.63, 3.8) is 0 Å². The van der Waals surface area contributed by atoms with Crippen molar-refractivity contribution in [1.29, 1.82) is 0 Å². The second kappa shape index (κ2) is 5.44. The lowest BCUT2D eigenvalue weighted by molar-refractivity contribution is -0.125. The molecule has 0 N–H and O–H groups in total. The number of ketones is 1. The molecule has 0 saturated heterocycles. The number of hydrogen-bond donors (Lipinski definition) is 0. The summed E-state index contributed by atoms with van der Waals surface area (Å²) in [6, 6.07) is 8.70. The van der Waals surface area contributed by atoms with Crippen LogP contribution in [0, 0.1) is 16.7 Å². The van der Waals surface area contributed by atoms with Gasteiger partial charge in [0.05, 0.1) is 0 Å². The van der Waals surface area contributed by atoms with Gasteiger partial charge in [-0.05, 0) is 46.3 Å². The van der Waals surface area contributed by atoms with Gasteiger partial charge in [0.25, 0.3) is 0 Å². The lowest BCUT2D eigenvalue weighted by Gasteiger charge is -2.31. The molecule has 2 aliphatic carbocycles. The van der Waals surface area contributed by atoms with Crippen molar-refractivity contribution in [2.24, 2.45) is 16.7 Å². The fourth-order valence-corrected chi connectivity index (χ4v) is 4.48. The molecule has 1 aromatic rings. The summed E-state index contributed by atoms with van der Waals surface area (Å²) in [4.78, 5) is 12.8. The van der Waals surface area contributed by atoms with Crippen molar-refractivity contribution >= 4 is 11.9 Å². The van der Waals surface area contributed by atoms with Gasteiger partial charge in [-0.2, -0.15) is 0 Å². The number of rotatable bonds is 2. The molecule has 0 heterocycles. The van der Waals surface area contributed by atoms with Gasteiger partial charge in [0.15, 0.2) is 5.78 Å². The fraction of sp³-hybridized carbons (Fsp3) is 0.522. The maximum absolute atomic E-state index is 12.8. The SMILES string of the molecule is CC(C)(C)c1ccc(C=CC=C2C(=O)C3(C)CCC2C3(C)C)cc1. The van der Waals surface area contributed by atoms with Crippen LogP contribution in [0.1, 0.15) is 65.5 Å². The highest BCUT2D eigenvalue weighted by atomic mass is 16.1. The van der Waals surface area contributed by atoms with E-state index in [2.05, 4.69) is 84.0 Å². The third kappa shape index (κ3) is 2.49. The van der Waals surface area contributed by atoms with Crippen molar-refractivity contribution < 1.29 is 4.79 Å². The summed E-state index contributed by atoms with van der Waals surface area (Å²) in [5.74, 6) is 0.791. The molecule has 2 saturated carbocycles. The van der Waals surface area contributed by atoms with Crippen molar-refractivity contribution in [2.75, 3.05) is 0 Å². The lowest BCUT2D eigenvalue weighted by Crippen LogP contribution is -2.32. The number of Topliss-reactive ketones (excluding diaryl/α,β-unsaturated/α-hetero) is 1. The van der Waals surface area contributed by atoms with Gasteiger partial charge in [0, 0.05) is 5.41 Å². The molecular weight excluding hydrogens is 292 g/mol. The molecular formula is C23H30O. The molecule has 0 amide bonds. The van der Waals surface area contributed by atoms with E-state index >= 15 is 0 Å². The van der Waals surface area contributed by atoms with Gasteiger partial charge in [0.1, 0.15) is 0 Å². The zero-order valence-corrected chi connectivity index (χ0v) is 15.9. The number of hydrogen-bond acceptors (Lipinski definition) is 1. The third-order valence-electron chi connectivity index (χ3n) is 6.71. The summed E-state index contributed by atoms with van der Waals surface area (Å²) in [7, 11) is 0. The normalized spacial score (nSPS) is 30.7. The number of carbonyl (C=O) groups is 1. The Balaban J connectivity index is 1.79. The predicted molar refractivity (Wildman–Crippen MR) is 102 cm³/mol. The highest BCUT2D eigenvalue weighted by Crippen LogP contribution is 2.65. The van der Waals surface area contributed by atoms with Crippen LogP contribution in [0.25, 0.3) is 6.08 Å². The molecule has 2 bridgehead atoms. The molecule has 1 nitrogen and oxygen atoms in total. The predicted octanol–water partition coefficient (Wildman–Crippen LogP) is 5.95. The molecule has 128 valence electrons. The van der Waals surface area contributed by atoms with Crippen LogP contribution >= 0.6 is 0 Å². The first-order valence-electron chi connectivity index (χ1n) is 9.11. The van der Waals surface area contributed by atoms with E-state index in [9.17, 15) is 4.79 Å². The minimum Gasteiger partial charge on any atom is -0.294 e. The topological polar surface area (TPSA) is 17.1 Å². The van der Waals surface area contributed by atoms with Gasteiger partial charge in [-0.3, -0.25) is 4.79 Å². The molecule has 2 unspecified atom stereocenters. The van der Waals surface area contributed by atoms with Crippen LogP contribution in [0.2, 0.25) is 0 Å². The number of benzene rings is 1. The van der Waals surface area contributed by atoms with Crippen molar-refractivity contribution in [3.8, 4) is 0 Å². The second-order valence-corrected chi connectivity index (χ2v) is 9.33. The molecule has 3 rings (SSSR count). The summed E-state index contributed by atoms with van der Waals surface area (Å²) < 4.78 is 0. The smallest absolute Gasteiger partial charge is 0.165 e. The van der Waals surface area contributed by atoms with E-state index in [0.717, 1.165) is 18.4 Å². The van der Waals surface area contributed by atoms with E-state index in [1.807, 2.05) is 0 Å². The Labute approximate surface area is 146 Å². The van der Waals surface area contributed by atoms with Crippen LogP contribution in [0.4, 0.5) is 0 Å². The Morgan fingerprint density at radius 3 is 2.21 bits per heavy atom. The highest BCUT2D eigenvalue weighted by Gasteiger charge is 2.63. The van der Waals surface area contributed by atoms with Crippen LogP contribution in [-0.2, 0) is 10.2 Å². The number of carbonyl (C=O) groups excluding carboxylic acids is 1. The average molecular weight is 322 g/mol. The molecule has 24 heavy (non-hydrogen) atoms. The average Bonchev–Trinajstić information content (AvgIpc) is 2.81. The van der Waals surface area contributed by atoms with Gasteiger partial charge in [-0.15, -0.1) is 0 Å². The molecule has 2 atom stereocenters. The molecule has 2 aliphatic rings. The maximum Gasteiger partial charge on any atom is 0.165 e. The van der Waals surface area contributed by atoms with E-state index in [1.165, 1.54) is 11.1 Å². The Morgan fingerprint density at radius 1 is 1.08 bits per heavy atom. The fourth-order valence-electron chi connectivity index (χ4n) is 4.48. The molecule has 0 radical (unpaired) electrons.